The van der Waals surface area contributed by atoms with Gasteiger partial charge in [0.25, 0.3) is 0 Å². The molecule has 4 nitrogen and oxygen atoms in total. The van der Waals surface area contributed by atoms with Gasteiger partial charge in [0.1, 0.15) is 0 Å². The molecule has 0 aliphatic heterocycles. The lowest BCUT2D eigenvalue weighted by Gasteiger charge is -2.28. The summed E-state index contributed by atoms with van der Waals surface area (Å²) in [6.07, 6.45) is 3.11. The minimum Gasteiger partial charge on any atom is -0.393 e. The Morgan fingerprint density at radius 1 is 1.23 bits per heavy atom. The van der Waals surface area contributed by atoms with Crippen LogP contribution in [0.5, 0.6) is 0 Å². The Kier molecular flexibility index (Phi) is 5.83. The van der Waals surface area contributed by atoms with Gasteiger partial charge in [-0.15, -0.1) is 0 Å². The molecule has 0 saturated heterocycles. The first-order chi connectivity index (χ1) is 10.5. The van der Waals surface area contributed by atoms with Crippen molar-refractivity contribution in [3.8, 4) is 0 Å². The topological polar surface area (TPSA) is 52.6 Å². The lowest BCUT2D eigenvalue weighted by Crippen LogP contribution is -2.44. The van der Waals surface area contributed by atoms with E-state index in [9.17, 15) is 9.90 Å². The summed E-state index contributed by atoms with van der Waals surface area (Å²) in [6, 6.07) is 8.62. The first-order valence-corrected chi connectivity index (χ1v) is 8.24. The molecule has 1 saturated carbocycles. The quantitative estimate of drug-likeness (QED) is 0.897. The van der Waals surface area contributed by atoms with Crippen LogP contribution in [0.25, 0.3) is 0 Å². The molecule has 1 fully saturated rings. The van der Waals surface area contributed by atoms with Gasteiger partial charge in [0, 0.05) is 19.6 Å². The van der Waals surface area contributed by atoms with E-state index in [1.807, 2.05) is 7.05 Å². The lowest BCUT2D eigenvalue weighted by molar-refractivity contribution is 0.115. The van der Waals surface area contributed by atoms with Crippen LogP contribution in [0.4, 0.5) is 4.79 Å². The van der Waals surface area contributed by atoms with Crippen molar-refractivity contribution in [3.63, 3.8) is 0 Å². The van der Waals surface area contributed by atoms with Crippen molar-refractivity contribution < 1.29 is 9.90 Å². The molecule has 0 radical (unpaired) electrons. The molecule has 0 atom stereocenters. The van der Waals surface area contributed by atoms with Crippen LogP contribution in [0.2, 0.25) is 0 Å². The highest BCUT2D eigenvalue weighted by Crippen LogP contribution is 2.19. The Morgan fingerprint density at radius 2 is 1.82 bits per heavy atom. The largest absolute Gasteiger partial charge is 0.393 e. The number of nitrogens with zero attached hydrogens (tertiary/aromatic N) is 1. The highest BCUT2D eigenvalue weighted by molar-refractivity contribution is 5.74. The SMILES string of the molecule is CC(C)c1ccc(CN(C)C(=O)NC2CCC(O)CC2)cc1. The zero-order valence-corrected chi connectivity index (χ0v) is 13.9. The molecule has 0 heterocycles. The van der Waals surface area contributed by atoms with Crippen LogP contribution in [-0.2, 0) is 6.54 Å². The van der Waals surface area contributed by atoms with Gasteiger partial charge >= 0.3 is 6.03 Å². The van der Waals surface area contributed by atoms with Crippen LogP contribution in [0, 0.1) is 0 Å². The molecule has 2 rings (SSSR count). The van der Waals surface area contributed by atoms with Crippen LogP contribution < -0.4 is 5.32 Å². The molecule has 0 unspecified atom stereocenters. The van der Waals surface area contributed by atoms with E-state index < -0.39 is 0 Å². The Morgan fingerprint density at radius 3 is 2.36 bits per heavy atom. The van der Waals surface area contributed by atoms with E-state index in [2.05, 4.69) is 43.4 Å². The van der Waals surface area contributed by atoms with Crippen molar-refractivity contribution in [2.45, 2.75) is 64.1 Å². The zero-order chi connectivity index (χ0) is 16.1. The number of nitrogens with one attached hydrogen (secondary N) is 1. The predicted octanol–water partition coefficient (Wildman–Crippen LogP) is 3.25. The summed E-state index contributed by atoms with van der Waals surface area (Å²) in [5.41, 5.74) is 2.46. The molecule has 4 heteroatoms. The summed E-state index contributed by atoms with van der Waals surface area (Å²) in [4.78, 5) is 13.9. The van der Waals surface area contributed by atoms with Gasteiger partial charge in [0.15, 0.2) is 0 Å². The number of carbonyl (C=O) groups excluding carboxylic acids is 1. The molecule has 1 aromatic carbocycles. The molecule has 2 amide bonds. The number of hydrogen-bond acceptors (Lipinski definition) is 2. The van der Waals surface area contributed by atoms with E-state index in [-0.39, 0.29) is 18.2 Å². The Labute approximate surface area is 133 Å². The normalized spacial score (nSPS) is 21.7. The Bertz CT molecular complexity index is 476. The molecular formula is C18H28N2O2. The van der Waals surface area contributed by atoms with Crippen molar-refractivity contribution in [2.75, 3.05) is 7.05 Å². The number of hydrogen-bond donors (Lipinski definition) is 2. The third kappa shape index (κ3) is 4.73. The van der Waals surface area contributed by atoms with Gasteiger partial charge < -0.3 is 15.3 Å². The molecule has 0 aromatic heterocycles. The van der Waals surface area contributed by atoms with Crippen molar-refractivity contribution in [1.29, 1.82) is 0 Å². The van der Waals surface area contributed by atoms with Crippen molar-refractivity contribution in [3.05, 3.63) is 35.4 Å². The maximum atomic E-state index is 12.2. The molecule has 2 N–H and O–H groups in total. The van der Waals surface area contributed by atoms with Crippen LogP contribution in [0.15, 0.2) is 24.3 Å². The molecule has 1 aliphatic carbocycles. The standard InChI is InChI=1S/C18H28N2O2/c1-13(2)15-6-4-14(5-7-15)12-20(3)18(22)19-16-8-10-17(21)11-9-16/h4-7,13,16-17,21H,8-12H2,1-3H3,(H,19,22). The maximum absolute atomic E-state index is 12.2. The van der Waals surface area contributed by atoms with Crippen molar-refractivity contribution >= 4 is 6.03 Å². The molecule has 22 heavy (non-hydrogen) atoms. The average molecular weight is 304 g/mol. The highest BCUT2D eigenvalue weighted by atomic mass is 16.3. The minimum atomic E-state index is -0.189. The summed E-state index contributed by atoms with van der Waals surface area (Å²) >= 11 is 0. The minimum absolute atomic E-state index is 0.0330. The smallest absolute Gasteiger partial charge is 0.317 e. The van der Waals surface area contributed by atoms with E-state index in [0.717, 1.165) is 31.2 Å². The van der Waals surface area contributed by atoms with Crippen LogP contribution >= 0.6 is 0 Å². The third-order valence-corrected chi connectivity index (χ3v) is 4.44. The Balaban J connectivity index is 1.83. The first-order valence-electron chi connectivity index (χ1n) is 8.24. The summed E-state index contributed by atoms with van der Waals surface area (Å²) in [7, 11) is 1.82. The van der Waals surface area contributed by atoms with Crippen LogP contribution in [0.3, 0.4) is 0 Å². The summed E-state index contributed by atoms with van der Waals surface area (Å²) < 4.78 is 0. The fourth-order valence-electron chi connectivity index (χ4n) is 2.86. The monoisotopic (exact) mass is 304 g/mol. The molecule has 122 valence electrons. The van der Waals surface area contributed by atoms with E-state index in [1.165, 1.54) is 5.56 Å². The van der Waals surface area contributed by atoms with E-state index in [1.54, 1.807) is 4.90 Å². The Hall–Kier alpha value is -1.55. The van der Waals surface area contributed by atoms with Gasteiger partial charge in [-0.05, 0) is 42.7 Å². The van der Waals surface area contributed by atoms with Crippen molar-refractivity contribution in [2.24, 2.45) is 0 Å². The average Bonchev–Trinajstić information content (AvgIpc) is 2.50. The van der Waals surface area contributed by atoms with Gasteiger partial charge in [0.2, 0.25) is 0 Å². The third-order valence-electron chi connectivity index (χ3n) is 4.44. The van der Waals surface area contributed by atoms with Gasteiger partial charge in [-0.25, -0.2) is 4.79 Å². The maximum Gasteiger partial charge on any atom is 0.317 e. The number of aliphatic hydroxyl groups excluding tert-OH is 1. The number of benzene rings is 1. The number of amides is 2. The second kappa shape index (κ2) is 7.63. The molecular weight excluding hydrogens is 276 g/mol. The second-order valence-corrected chi connectivity index (χ2v) is 6.71. The molecule has 1 aliphatic rings. The number of urea groups is 1. The second-order valence-electron chi connectivity index (χ2n) is 6.71. The number of carbonyl (C=O) groups is 1. The van der Waals surface area contributed by atoms with E-state index in [4.69, 9.17) is 0 Å². The summed E-state index contributed by atoms with van der Waals surface area (Å²) in [6.45, 7) is 4.96. The first kappa shape index (κ1) is 16.8. The van der Waals surface area contributed by atoms with Crippen LogP contribution in [0.1, 0.15) is 56.6 Å². The van der Waals surface area contributed by atoms with Gasteiger partial charge in [-0.1, -0.05) is 38.1 Å². The summed E-state index contributed by atoms with van der Waals surface area (Å²) in [5.74, 6) is 0.525. The highest BCUT2D eigenvalue weighted by Gasteiger charge is 2.22. The predicted molar refractivity (Wildman–Crippen MR) is 88.8 cm³/mol. The number of aliphatic hydroxyl groups is 1. The zero-order valence-electron chi connectivity index (χ0n) is 13.9. The fourth-order valence-corrected chi connectivity index (χ4v) is 2.86. The summed E-state index contributed by atoms with van der Waals surface area (Å²) in [5, 5.41) is 12.6. The van der Waals surface area contributed by atoms with E-state index in [0.29, 0.717) is 12.5 Å². The van der Waals surface area contributed by atoms with Gasteiger partial charge in [-0.3, -0.25) is 0 Å². The van der Waals surface area contributed by atoms with Gasteiger partial charge in [-0.2, -0.15) is 0 Å². The van der Waals surface area contributed by atoms with Crippen molar-refractivity contribution in [1.82, 2.24) is 10.2 Å². The van der Waals surface area contributed by atoms with Gasteiger partial charge in [0.05, 0.1) is 6.10 Å². The number of rotatable bonds is 4. The lowest BCUT2D eigenvalue weighted by atomic mass is 9.93. The van der Waals surface area contributed by atoms with E-state index >= 15 is 0 Å². The molecule has 1 aromatic rings. The molecule has 0 spiro atoms. The molecule has 0 bridgehead atoms. The fraction of sp³-hybridized carbons (Fsp3) is 0.611. The van der Waals surface area contributed by atoms with Crippen LogP contribution in [-0.4, -0.2) is 35.2 Å².